The molecule has 2 fully saturated rings. The maximum absolute atomic E-state index is 11.2. The van der Waals surface area contributed by atoms with Crippen LogP contribution in [-0.4, -0.2) is 66.3 Å². The van der Waals surface area contributed by atoms with Gasteiger partial charge < -0.3 is 19.6 Å². The Kier molecular flexibility index (Phi) is 3.69. The molecule has 0 amide bonds. The van der Waals surface area contributed by atoms with E-state index in [0.29, 0.717) is 0 Å². The SMILES string of the molecule is [2H]C([2H])([2H])N1C([2H])([2H])C([2H])([2H])C([2H])([2H])C1([2H])C([2H])([2H])C([2H])([2H])Cl.[2H]c1c([2H])c([2H])c(C(O)(c2c([2H])c([2H])c(Cl)c([2H])c2[2H])C([2H])([2H])[2H])c([2H])c1[2H].[2H]c1c([2H])c([2H])c(C(OC([2H])([2H])C([2H])([2H])C2([2H])N(C([2H])([2H])[2H])C([2H])([2H])C([2H])([2H])C2([2H])[2H])(c2c([2H])c([2H])c(Cl)c([2H])c2[2H])C([2H])([2H])[2H])c([2H])c1[2H]. The first-order valence-corrected chi connectivity index (χ1v) is 13.7. The van der Waals surface area contributed by atoms with Crippen molar-refractivity contribution in [2.75, 3.05) is 39.3 Å². The van der Waals surface area contributed by atoms with E-state index >= 15 is 0 Å². The summed E-state index contributed by atoms with van der Waals surface area (Å²) in [6.07, 6.45) is -24.5. The highest BCUT2D eigenvalue weighted by molar-refractivity contribution is 6.30. The molecule has 0 aliphatic carbocycles. The lowest BCUT2D eigenvalue weighted by molar-refractivity contribution is -0.0117. The number of benzene rings is 4. The van der Waals surface area contributed by atoms with E-state index in [2.05, 4.69) is 0 Å². The van der Waals surface area contributed by atoms with Crippen LogP contribution in [0.2, 0.25) is 10.0 Å². The third kappa shape index (κ3) is 11.3. The first-order valence-electron chi connectivity index (χ1n) is 38.5. The largest absolute Gasteiger partial charge is 0.381 e. The Morgan fingerprint density at radius 3 is 1.71 bits per heavy atom. The molecule has 0 saturated carbocycles. The maximum Gasteiger partial charge on any atom is 0.115 e. The van der Waals surface area contributed by atoms with Gasteiger partial charge >= 0.3 is 0 Å². The topological polar surface area (TPSA) is 35.9 Å². The lowest BCUT2D eigenvalue weighted by atomic mass is 9.88. The fourth-order valence-electron chi connectivity index (χ4n) is 3.04. The normalized spacial score (nSPS) is 47.1. The van der Waals surface area contributed by atoms with Gasteiger partial charge in [-0.2, -0.15) is 0 Å². The average Bonchev–Trinajstić information content (AvgIpc) is 1.50. The summed E-state index contributed by atoms with van der Waals surface area (Å²) in [5.41, 5.74) is -13.1. The van der Waals surface area contributed by atoms with Crippen LogP contribution in [0.15, 0.2) is 109 Å². The average molecular weight is 777 g/mol. The van der Waals surface area contributed by atoms with Crippen molar-refractivity contribution in [2.45, 2.75) is 75.2 Å². The van der Waals surface area contributed by atoms with Gasteiger partial charge in [-0.1, -0.05) is 108 Å². The molecule has 4 unspecified atom stereocenters. The molecular formula is C42H53Cl3N2O2. The van der Waals surface area contributed by atoms with Crippen LogP contribution in [-0.2, 0) is 15.9 Å². The van der Waals surface area contributed by atoms with Crippen LogP contribution in [0.5, 0.6) is 0 Å². The molecular weight excluding hydrogens is 671 g/mol. The van der Waals surface area contributed by atoms with E-state index in [0.717, 1.165) is 0 Å². The molecule has 2 heterocycles. The van der Waals surface area contributed by atoms with E-state index in [4.69, 9.17) is 111 Å². The Labute approximate surface area is 383 Å². The maximum atomic E-state index is 11.2. The number of aliphatic hydroxyl groups is 1. The molecule has 2 aliphatic heterocycles. The van der Waals surface area contributed by atoms with Gasteiger partial charge in [0.1, 0.15) is 11.2 Å². The fraction of sp³-hybridized carbons (Fsp3) is 0.429. The van der Waals surface area contributed by atoms with E-state index in [1.165, 1.54) is 0 Å². The van der Waals surface area contributed by atoms with Crippen molar-refractivity contribution in [2.24, 2.45) is 0 Å². The van der Waals surface area contributed by atoms with E-state index in [1.54, 1.807) is 0 Å². The van der Waals surface area contributed by atoms with Gasteiger partial charge in [-0.15, -0.1) is 11.6 Å². The molecule has 4 aromatic carbocycles. The van der Waals surface area contributed by atoms with Crippen LogP contribution >= 0.6 is 34.8 Å². The van der Waals surface area contributed by atoms with Crippen LogP contribution in [0, 0.1) is 0 Å². The smallest absolute Gasteiger partial charge is 0.115 e. The van der Waals surface area contributed by atoms with Crippen LogP contribution < -0.4 is 0 Å². The molecule has 0 radical (unpaired) electrons. The van der Waals surface area contributed by atoms with E-state index < -0.39 is 265 Å². The minimum Gasteiger partial charge on any atom is -0.381 e. The third-order valence-electron chi connectivity index (χ3n) is 5.30. The zero-order chi connectivity index (χ0) is 80.7. The highest BCUT2D eigenvalue weighted by atomic mass is 35.5. The van der Waals surface area contributed by atoms with Crippen LogP contribution in [0.25, 0.3) is 0 Å². The quantitative estimate of drug-likeness (QED) is 0.163. The van der Waals surface area contributed by atoms with E-state index in [-0.39, 0.29) is 0 Å². The second-order valence-electron chi connectivity index (χ2n) is 8.41. The van der Waals surface area contributed by atoms with Crippen molar-refractivity contribution in [1.29, 1.82) is 0 Å². The minimum atomic E-state index is -4.79. The predicted molar refractivity (Wildman–Crippen MR) is 208 cm³/mol. The van der Waals surface area contributed by atoms with Crippen molar-refractivity contribution in [3.05, 3.63) is 141 Å². The highest BCUT2D eigenvalue weighted by Crippen LogP contribution is 2.35. The summed E-state index contributed by atoms with van der Waals surface area (Å²) in [7, 11) is 0. The Hall–Kier alpha value is -2.41. The monoisotopic (exact) mass is 775 g/mol. The zero-order valence-electron chi connectivity index (χ0n) is 75.9. The molecule has 264 valence electrons. The lowest BCUT2D eigenvalue weighted by Gasteiger charge is -2.32. The number of ether oxygens (including phenoxy) is 1. The Morgan fingerprint density at radius 2 is 1.22 bits per heavy atom. The number of halogens is 3. The van der Waals surface area contributed by atoms with Gasteiger partial charge in [0.25, 0.3) is 0 Å². The molecule has 4 atom stereocenters. The molecule has 0 aromatic heterocycles. The molecule has 2 saturated heterocycles. The van der Waals surface area contributed by atoms with Crippen molar-refractivity contribution in [1.82, 2.24) is 9.80 Å². The Balaban J connectivity index is 0.000000356. The Morgan fingerprint density at radius 1 is 0.755 bits per heavy atom. The molecule has 7 heteroatoms. The predicted octanol–water partition coefficient (Wildman–Crippen LogP) is 10.4. The fourth-order valence-corrected chi connectivity index (χ4v) is 3.32. The number of nitrogens with zero attached hydrogens (tertiary/aromatic N) is 2. The second-order valence-corrected chi connectivity index (χ2v) is 9.35. The molecule has 49 heavy (non-hydrogen) atoms. The number of likely N-dealkylation sites (tertiary alicyclic amines) is 2. The van der Waals surface area contributed by atoms with Crippen molar-refractivity contribution in [3.8, 4) is 0 Å². The minimum absolute atomic E-state index is 0.590. The summed E-state index contributed by atoms with van der Waals surface area (Å²) in [5, 5.41) is 9.64. The summed E-state index contributed by atoms with van der Waals surface area (Å²) in [5.74, 6) is -3.48. The Bertz CT molecular complexity index is 3690. The number of rotatable bonds is 10. The first kappa shape index (κ1) is 9.38. The number of hydrogen-bond donors (Lipinski definition) is 1. The summed E-state index contributed by atoms with van der Waals surface area (Å²) in [6.45, 7) is -28.2. The van der Waals surface area contributed by atoms with Gasteiger partial charge in [-0.05, 0) is 125 Å². The molecule has 1 N–H and O–H groups in total. The van der Waals surface area contributed by atoms with Gasteiger partial charge in [-0.25, -0.2) is 0 Å². The summed E-state index contributed by atoms with van der Waals surface area (Å²) in [6, 6.07) is -29.2. The molecule has 4 aromatic rings. The lowest BCUT2D eigenvalue weighted by Crippen LogP contribution is -2.31. The molecule has 0 spiro atoms. The van der Waals surface area contributed by atoms with Crippen molar-refractivity contribution in [3.63, 3.8) is 0 Å². The van der Waals surface area contributed by atoms with Gasteiger partial charge in [0.2, 0.25) is 0 Å². The van der Waals surface area contributed by atoms with Gasteiger partial charge in [0.05, 0.1) is 27.4 Å². The van der Waals surface area contributed by atoms with Crippen LogP contribution in [0.4, 0.5) is 0 Å². The molecule has 6 rings (SSSR count). The standard InChI is InChI=1S/C21H26ClNO.C14H13ClO.C7H14ClN/c1-21(17-7-4-3-5-8-17,18-10-12-19(22)13-11-18)24-16-14-20-9-6-15-23(20)2;1-14(16,11-5-3-2-4-6-11)12-7-9-13(15)10-8-12;1-9-6-2-3-7(9)4-5-8/h3-5,7-8,10-13,20H,6,9,14-16H2,1-2H3;2-10,16H,1H3;7H,2-6H2,1H3/i1D3,2D3,3D,4D,5D,6D2,7D,8D,9D2,10D,11D,12D,13D,14D2,15D2,16D2,20D;1D3,2D,3D,4D,5D,6D,7D,8D,9D,10D;1D3,2D2,3D2,4D2,5D2,6D2,7D. The summed E-state index contributed by atoms with van der Waals surface area (Å²) < 4.78 is 422. The highest BCUT2D eigenvalue weighted by Gasteiger charge is 2.31. The molecule has 2 aliphatic rings. The van der Waals surface area contributed by atoms with Crippen LogP contribution in [0.3, 0.4) is 0 Å². The van der Waals surface area contributed by atoms with Crippen molar-refractivity contribution < 1.29 is 81.1 Å². The van der Waals surface area contributed by atoms with Gasteiger partial charge in [0.15, 0.2) is 0 Å². The van der Waals surface area contributed by atoms with Gasteiger partial charge in [0, 0.05) is 78.3 Å². The summed E-state index contributed by atoms with van der Waals surface area (Å²) in [4.78, 5) is -1.51. The number of hydrogen-bond acceptors (Lipinski definition) is 4. The van der Waals surface area contributed by atoms with Gasteiger partial charge in [-0.3, -0.25) is 0 Å². The summed E-state index contributed by atoms with van der Waals surface area (Å²) >= 11 is 16.8. The van der Waals surface area contributed by atoms with E-state index in [9.17, 15) is 5.11 Å². The number of alkyl halides is 1. The van der Waals surface area contributed by atoms with E-state index in [1.807, 2.05) is 0 Å². The first-order chi connectivity index (χ1) is 44.1. The second kappa shape index (κ2) is 19.3. The molecule has 4 nitrogen and oxygen atoms in total. The third-order valence-corrected chi connectivity index (χ3v) is 5.77. The molecule has 0 bridgehead atoms. The van der Waals surface area contributed by atoms with Crippen LogP contribution in [0.1, 0.15) is 145 Å². The van der Waals surface area contributed by atoms with Crippen molar-refractivity contribution >= 4 is 34.8 Å². The zero-order valence-corrected chi connectivity index (χ0v) is 26.2.